The number of esters is 4. The van der Waals surface area contributed by atoms with E-state index >= 15 is 0 Å². The molecule has 3 N–H and O–H groups in total. The molecule has 0 fully saturated rings. The second-order valence-corrected chi connectivity index (χ2v) is 30.7. The van der Waals surface area contributed by atoms with Gasteiger partial charge in [-0.05, 0) is 49.4 Å². The van der Waals surface area contributed by atoms with Crippen LogP contribution in [0.1, 0.15) is 364 Å². The van der Waals surface area contributed by atoms with Crippen LogP contribution in [0.25, 0.3) is 0 Å². The molecular weight excluding hydrogens is 1210 g/mol. The first kappa shape index (κ1) is 90.1. The minimum Gasteiger partial charge on any atom is -0.462 e. The molecule has 0 aliphatic carbocycles. The van der Waals surface area contributed by atoms with Gasteiger partial charge in [-0.25, -0.2) is 9.13 Å². The SMILES string of the molecule is CCC(C)CCCCCCCCCCC(=O)OC[C@H](COP(=O)(O)OC[C@@H](O)COP(=O)(O)OC[C@@H](COC(=O)CCCCCCCCC(C)C)OC(=O)CCCCCCCCCCC(C)CC)OC(=O)CCCCCCCCCCCCCCCCCCC(C)C. The van der Waals surface area contributed by atoms with Gasteiger partial charge in [-0.15, -0.1) is 0 Å². The molecule has 0 spiro atoms. The van der Waals surface area contributed by atoms with Crippen LogP contribution in [0, 0.1) is 23.7 Å². The third kappa shape index (κ3) is 64.1. The van der Waals surface area contributed by atoms with Crippen LogP contribution in [0.3, 0.4) is 0 Å². The Morgan fingerprint density at radius 2 is 0.522 bits per heavy atom. The molecule has 17 nitrogen and oxygen atoms in total. The number of unbranched alkanes of at least 4 members (excludes halogenated alkanes) is 34. The molecule has 0 rings (SSSR count). The van der Waals surface area contributed by atoms with Crippen molar-refractivity contribution < 1.29 is 80.2 Å². The first-order chi connectivity index (χ1) is 44.2. The summed E-state index contributed by atoms with van der Waals surface area (Å²) in [6, 6.07) is 0. The Bertz CT molecular complexity index is 1820. The molecule has 0 aliphatic heterocycles. The van der Waals surface area contributed by atoms with Crippen molar-refractivity contribution in [2.24, 2.45) is 23.7 Å². The number of aliphatic hydroxyl groups is 1. The zero-order chi connectivity index (χ0) is 68.2. The molecule has 0 aromatic heterocycles. The maximum atomic E-state index is 13.1. The third-order valence-corrected chi connectivity index (χ3v) is 19.4. The molecule has 92 heavy (non-hydrogen) atoms. The Balaban J connectivity index is 5.23. The van der Waals surface area contributed by atoms with Crippen molar-refractivity contribution in [3.8, 4) is 0 Å². The molecule has 546 valence electrons. The lowest BCUT2D eigenvalue weighted by Gasteiger charge is -2.21. The van der Waals surface area contributed by atoms with Crippen molar-refractivity contribution in [1.82, 2.24) is 0 Å². The Morgan fingerprint density at radius 3 is 0.772 bits per heavy atom. The molecule has 0 heterocycles. The molecule has 0 bridgehead atoms. The second-order valence-electron chi connectivity index (χ2n) is 27.8. The molecule has 0 saturated carbocycles. The van der Waals surface area contributed by atoms with E-state index in [1.807, 2.05) is 0 Å². The van der Waals surface area contributed by atoms with Crippen LogP contribution in [0.5, 0.6) is 0 Å². The maximum absolute atomic E-state index is 13.1. The summed E-state index contributed by atoms with van der Waals surface area (Å²) in [6.07, 6.45) is 45.9. The van der Waals surface area contributed by atoms with E-state index in [-0.39, 0.29) is 25.7 Å². The Morgan fingerprint density at radius 1 is 0.304 bits per heavy atom. The number of carbonyl (C=O) groups is 4. The van der Waals surface area contributed by atoms with Crippen LogP contribution >= 0.6 is 15.6 Å². The first-order valence-electron chi connectivity index (χ1n) is 37.8. The van der Waals surface area contributed by atoms with Crippen molar-refractivity contribution in [2.45, 2.75) is 382 Å². The highest BCUT2D eigenvalue weighted by Crippen LogP contribution is 2.45. The van der Waals surface area contributed by atoms with Gasteiger partial charge in [-0.3, -0.25) is 37.3 Å². The monoisotopic (exact) mass is 1350 g/mol. The molecule has 0 radical (unpaired) electrons. The summed E-state index contributed by atoms with van der Waals surface area (Å²) in [5.41, 5.74) is 0. The largest absolute Gasteiger partial charge is 0.472 e. The predicted octanol–water partition coefficient (Wildman–Crippen LogP) is 20.9. The average Bonchev–Trinajstić information content (AvgIpc) is 2.83. The van der Waals surface area contributed by atoms with E-state index in [0.29, 0.717) is 31.6 Å². The van der Waals surface area contributed by atoms with Crippen LogP contribution in [0.4, 0.5) is 0 Å². The highest BCUT2D eigenvalue weighted by Gasteiger charge is 2.30. The second kappa shape index (κ2) is 62.6. The van der Waals surface area contributed by atoms with E-state index < -0.39 is 97.5 Å². The van der Waals surface area contributed by atoms with Crippen LogP contribution in [-0.4, -0.2) is 96.7 Å². The predicted molar refractivity (Wildman–Crippen MR) is 372 cm³/mol. The van der Waals surface area contributed by atoms with Gasteiger partial charge in [-0.2, -0.15) is 0 Å². The van der Waals surface area contributed by atoms with Gasteiger partial charge in [0.05, 0.1) is 26.4 Å². The summed E-state index contributed by atoms with van der Waals surface area (Å²) in [7, 11) is -9.91. The molecule has 0 aliphatic rings. The van der Waals surface area contributed by atoms with E-state index in [2.05, 4.69) is 55.4 Å². The lowest BCUT2D eigenvalue weighted by atomic mass is 9.99. The van der Waals surface area contributed by atoms with Gasteiger partial charge < -0.3 is 33.8 Å². The number of aliphatic hydroxyl groups excluding tert-OH is 1. The average molecular weight is 1350 g/mol. The summed E-state index contributed by atoms with van der Waals surface area (Å²) in [5.74, 6) is 0.907. The molecule has 0 saturated heterocycles. The van der Waals surface area contributed by atoms with Crippen LogP contribution < -0.4 is 0 Å². The van der Waals surface area contributed by atoms with Crippen molar-refractivity contribution >= 4 is 39.5 Å². The number of phosphoric ester groups is 2. The fourth-order valence-corrected chi connectivity index (χ4v) is 12.5. The zero-order valence-corrected chi connectivity index (χ0v) is 62.0. The Labute approximate surface area is 562 Å². The molecule has 0 aromatic rings. The number of rotatable bonds is 70. The summed E-state index contributed by atoms with van der Waals surface area (Å²) in [4.78, 5) is 72.6. The minimum atomic E-state index is -4.96. The zero-order valence-electron chi connectivity index (χ0n) is 60.2. The van der Waals surface area contributed by atoms with Gasteiger partial charge in [-0.1, -0.05) is 312 Å². The molecule has 0 aromatic carbocycles. The van der Waals surface area contributed by atoms with Crippen LogP contribution in [-0.2, 0) is 65.4 Å². The third-order valence-electron chi connectivity index (χ3n) is 17.5. The van der Waals surface area contributed by atoms with E-state index in [4.69, 9.17) is 37.0 Å². The number of hydrogen-bond donors (Lipinski definition) is 3. The fraction of sp³-hybridized carbons (Fsp3) is 0.945. The van der Waals surface area contributed by atoms with Gasteiger partial charge in [0.25, 0.3) is 0 Å². The summed E-state index contributed by atoms with van der Waals surface area (Å²) >= 11 is 0. The summed E-state index contributed by atoms with van der Waals surface area (Å²) < 4.78 is 68.4. The smallest absolute Gasteiger partial charge is 0.462 e. The Hall–Kier alpha value is -1.94. The topological polar surface area (TPSA) is 237 Å². The molecule has 4 unspecified atom stereocenters. The lowest BCUT2D eigenvalue weighted by molar-refractivity contribution is -0.161. The van der Waals surface area contributed by atoms with Crippen molar-refractivity contribution in [1.29, 1.82) is 0 Å². The lowest BCUT2D eigenvalue weighted by Crippen LogP contribution is -2.30. The number of phosphoric acid groups is 2. The van der Waals surface area contributed by atoms with E-state index in [1.165, 1.54) is 161 Å². The van der Waals surface area contributed by atoms with Gasteiger partial charge in [0.1, 0.15) is 19.3 Å². The van der Waals surface area contributed by atoms with Crippen molar-refractivity contribution in [2.75, 3.05) is 39.6 Å². The van der Waals surface area contributed by atoms with Gasteiger partial charge in [0.2, 0.25) is 0 Å². The van der Waals surface area contributed by atoms with Crippen LogP contribution in [0.2, 0.25) is 0 Å². The van der Waals surface area contributed by atoms with Gasteiger partial charge >= 0.3 is 39.5 Å². The standard InChI is InChI=1S/C73H142O17P2/c1-9-65(7)51-43-35-26-21-23-28-37-45-53-70(75)83-59-68(89-72(77)55-47-39-29-20-18-16-14-12-11-13-15-17-19-25-33-41-49-63(3)4)61-87-91(79,80)85-57-67(74)58-86-92(81,82)88-62-69(60-84-71(76)54-46-38-32-31-34-42-50-64(5)6)90-73(78)56-48-40-30-24-22-27-36-44-52-66(8)10-2/h63-69,74H,9-62H2,1-8H3,(H,79,80)(H,81,82)/t65?,66?,67-,68-,69-/m1/s1. The van der Waals surface area contributed by atoms with E-state index in [9.17, 15) is 43.2 Å². The highest BCUT2D eigenvalue weighted by molar-refractivity contribution is 7.47. The number of hydrogen-bond acceptors (Lipinski definition) is 15. The fourth-order valence-electron chi connectivity index (χ4n) is 11.0. The van der Waals surface area contributed by atoms with E-state index in [0.717, 1.165) is 114 Å². The minimum absolute atomic E-state index is 0.103. The summed E-state index contributed by atoms with van der Waals surface area (Å²) in [5, 5.41) is 10.6. The highest BCUT2D eigenvalue weighted by atomic mass is 31.2. The van der Waals surface area contributed by atoms with Gasteiger partial charge in [0, 0.05) is 25.7 Å². The van der Waals surface area contributed by atoms with Gasteiger partial charge in [0.15, 0.2) is 12.2 Å². The van der Waals surface area contributed by atoms with Crippen molar-refractivity contribution in [3.63, 3.8) is 0 Å². The van der Waals surface area contributed by atoms with Crippen molar-refractivity contribution in [3.05, 3.63) is 0 Å². The van der Waals surface area contributed by atoms with Crippen LogP contribution in [0.15, 0.2) is 0 Å². The molecule has 19 heteroatoms. The van der Waals surface area contributed by atoms with E-state index in [1.54, 1.807) is 0 Å². The normalized spacial score (nSPS) is 14.8. The number of ether oxygens (including phenoxy) is 4. The Kier molecular flexibility index (Phi) is 61.3. The number of carbonyl (C=O) groups excluding carboxylic acids is 4. The quantitative estimate of drug-likeness (QED) is 0.0222. The summed E-state index contributed by atoms with van der Waals surface area (Å²) in [6.45, 7) is 14.1. The first-order valence-corrected chi connectivity index (χ1v) is 40.8. The maximum Gasteiger partial charge on any atom is 0.472 e. The molecule has 7 atom stereocenters. The molecule has 0 amide bonds. The molecular formula is C73H142O17P2.